The Morgan fingerprint density at radius 1 is 0.885 bits per heavy atom. The van der Waals surface area contributed by atoms with Crippen molar-refractivity contribution >= 4 is 5.91 Å². The third-order valence-electron chi connectivity index (χ3n) is 5.22. The van der Waals surface area contributed by atoms with Crippen LogP contribution in [0.3, 0.4) is 0 Å². The van der Waals surface area contributed by atoms with Crippen LogP contribution < -0.4 is 5.32 Å². The largest absolute Gasteiger partial charge is 0.379 e. The zero-order valence-corrected chi connectivity index (χ0v) is 15.7. The van der Waals surface area contributed by atoms with E-state index in [1.165, 1.54) is 5.56 Å². The van der Waals surface area contributed by atoms with Crippen molar-refractivity contribution in [3.05, 3.63) is 35.9 Å². The van der Waals surface area contributed by atoms with Crippen LogP contribution in [0.5, 0.6) is 0 Å². The smallest absolute Gasteiger partial charge is 0.221 e. The average molecular weight is 361 g/mol. The lowest BCUT2D eigenvalue weighted by atomic mass is 10.2. The Bertz CT molecular complexity index is 526. The predicted molar refractivity (Wildman–Crippen MR) is 103 cm³/mol. The van der Waals surface area contributed by atoms with Gasteiger partial charge in [-0.3, -0.25) is 14.6 Å². The third-order valence-corrected chi connectivity index (χ3v) is 5.22. The quantitative estimate of drug-likeness (QED) is 0.737. The lowest BCUT2D eigenvalue weighted by molar-refractivity contribution is -0.121. The number of nitrogens with one attached hydrogen (secondary N) is 1. The molecule has 0 spiro atoms. The highest BCUT2D eigenvalue weighted by Gasteiger charge is 2.17. The van der Waals surface area contributed by atoms with Crippen molar-refractivity contribution in [2.24, 2.45) is 0 Å². The van der Waals surface area contributed by atoms with Crippen LogP contribution in [0.1, 0.15) is 12.0 Å². The van der Waals surface area contributed by atoms with Gasteiger partial charge in [-0.15, -0.1) is 0 Å². The molecule has 1 amide bonds. The second kappa shape index (κ2) is 10.6. The van der Waals surface area contributed by atoms with E-state index < -0.39 is 0 Å². The summed E-state index contributed by atoms with van der Waals surface area (Å²) in [5, 5.41) is 3.05. The summed E-state index contributed by atoms with van der Waals surface area (Å²) < 4.78 is 5.34. The molecule has 0 bridgehead atoms. The Labute approximate surface area is 157 Å². The van der Waals surface area contributed by atoms with Crippen molar-refractivity contribution in [2.45, 2.75) is 13.0 Å². The summed E-state index contributed by atoms with van der Waals surface area (Å²) in [6, 6.07) is 10.6. The predicted octanol–water partition coefficient (Wildman–Crippen LogP) is 0.643. The molecule has 2 aliphatic heterocycles. The molecule has 2 fully saturated rings. The van der Waals surface area contributed by atoms with Gasteiger partial charge in [-0.25, -0.2) is 0 Å². The summed E-state index contributed by atoms with van der Waals surface area (Å²) >= 11 is 0. The van der Waals surface area contributed by atoms with Crippen LogP contribution in [0.4, 0.5) is 0 Å². The van der Waals surface area contributed by atoms with E-state index >= 15 is 0 Å². The van der Waals surface area contributed by atoms with Crippen LogP contribution >= 0.6 is 0 Å². The summed E-state index contributed by atoms with van der Waals surface area (Å²) in [5.74, 6) is 0.171. The van der Waals surface area contributed by atoms with Crippen molar-refractivity contribution in [3.63, 3.8) is 0 Å². The minimum absolute atomic E-state index is 0.171. The fraction of sp³-hybridized carbons (Fsp3) is 0.650. The molecule has 3 rings (SSSR count). The highest BCUT2D eigenvalue weighted by molar-refractivity contribution is 5.76. The molecule has 2 aliphatic rings. The van der Waals surface area contributed by atoms with E-state index in [1.807, 2.05) is 0 Å². The molecule has 0 radical (unpaired) electrons. The van der Waals surface area contributed by atoms with Crippen molar-refractivity contribution in [2.75, 3.05) is 72.1 Å². The molecule has 0 atom stereocenters. The number of piperazine rings is 1. The fourth-order valence-electron chi connectivity index (χ4n) is 3.54. The van der Waals surface area contributed by atoms with Crippen LogP contribution in [0.2, 0.25) is 0 Å². The monoisotopic (exact) mass is 360 g/mol. The van der Waals surface area contributed by atoms with Crippen LogP contribution in [0.25, 0.3) is 0 Å². The SMILES string of the molecule is O=C(CCN1CCN(Cc2ccccc2)CC1)NCCN1CCOCC1. The Morgan fingerprint density at radius 2 is 1.54 bits per heavy atom. The summed E-state index contributed by atoms with van der Waals surface area (Å²) in [7, 11) is 0. The van der Waals surface area contributed by atoms with Gasteiger partial charge in [-0.2, -0.15) is 0 Å². The number of morpholine rings is 1. The van der Waals surface area contributed by atoms with E-state index in [4.69, 9.17) is 4.74 Å². The maximum Gasteiger partial charge on any atom is 0.221 e. The molecule has 0 aliphatic carbocycles. The number of carbonyl (C=O) groups excluding carboxylic acids is 1. The van der Waals surface area contributed by atoms with Gasteiger partial charge in [0.25, 0.3) is 0 Å². The second-order valence-corrected chi connectivity index (χ2v) is 7.16. The van der Waals surface area contributed by atoms with Gasteiger partial charge in [-0.05, 0) is 5.56 Å². The van der Waals surface area contributed by atoms with E-state index in [0.717, 1.165) is 78.7 Å². The first-order valence-electron chi connectivity index (χ1n) is 9.85. The number of rotatable bonds is 8. The first kappa shape index (κ1) is 19.3. The Kier molecular flexibility index (Phi) is 7.88. The molecule has 0 saturated carbocycles. The van der Waals surface area contributed by atoms with Crippen molar-refractivity contribution in [1.29, 1.82) is 0 Å². The summed E-state index contributed by atoms with van der Waals surface area (Å²) in [5.41, 5.74) is 1.38. The van der Waals surface area contributed by atoms with Crippen molar-refractivity contribution in [1.82, 2.24) is 20.0 Å². The minimum atomic E-state index is 0.171. The molecule has 0 aromatic heterocycles. The molecule has 2 saturated heterocycles. The van der Waals surface area contributed by atoms with E-state index in [9.17, 15) is 4.79 Å². The number of amides is 1. The molecule has 26 heavy (non-hydrogen) atoms. The normalized spacial score (nSPS) is 20.2. The number of carbonyl (C=O) groups is 1. The number of hydrogen-bond donors (Lipinski definition) is 1. The first-order chi connectivity index (χ1) is 12.8. The van der Waals surface area contributed by atoms with E-state index in [-0.39, 0.29) is 5.91 Å². The molecule has 6 nitrogen and oxygen atoms in total. The van der Waals surface area contributed by atoms with Crippen LogP contribution in [0, 0.1) is 0 Å². The Hall–Kier alpha value is -1.47. The van der Waals surface area contributed by atoms with Gasteiger partial charge >= 0.3 is 0 Å². The van der Waals surface area contributed by atoms with Crippen molar-refractivity contribution < 1.29 is 9.53 Å². The molecule has 1 aromatic carbocycles. The third kappa shape index (κ3) is 6.68. The van der Waals surface area contributed by atoms with Gasteiger partial charge in [0.1, 0.15) is 0 Å². The van der Waals surface area contributed by atoms with Crippen LogP contribution in [-0.2, 0) is 16.1 Å². The van der Waals surface area contributed by atoms with Gasteiger partial charge in [-0.1, -0.05) is 30.3 Å². The highest BCUT2D eigenvalue weighted by atomic mass is 16.5. The minimum Gasteiger partial charge on any atom is -0.379 e. The second-order valence-electron chi connectivity index (χ2n) is 7.16. The lowest BCUT2D eigenvalue weighted by Gasteiger charge is -2.34. The topological polar surface area (TPSA) is 48.1 Å². The standard InChI is InChI=1S/C20H32N4O2/c25-20(21-7-9-23-14-16-26-17-15-23)6-8-22-10-12-24(13-11-22)18-19-4-2-1-3-5-19/h1-5H,6-18H2,(H,21,25). The van der Waals surface area contributed by atoms with Gasteiger partial charge < -0.3 is 15.0 Å². The first-order valence-corrected chi connectivity index (χ1v) is 9.85. The van der Waals surface area contributed by atoms with Gasteiger partial charge in [0.15, 0.2) is 0 Å². The summed E-state index contributed by atoms with van der Waals surface area (Å²) in [6.07, 6.45) is 0.599. The zero-order valence-electron chi connectivity index (χ0n) is 15.7. The van der Waals surface area contributed by atoms with E-state index in [1.54, 1.807) is 0 Å². The molecule has 1 aromatic rings. The molecular formula is C20H32N4O2. The Morgan fingerprint density at radius 3 is 2.27 bits per heavy atom. The molecule has 144 valence electrons. The van der Waals surface area contributed by atoms with Crippen LogP contribution in [-0.4, -0.2) is 92.7 Å². The number of nitrogens with zero attached hydrogens (tertiary/aromatic N) is 3. The van der Waals surface area contributed by atoms with Gasteiger partial charge in [0, 0.05) is 71.9 Å². The summed E-state index contributed by atoms with van der Waals surface area (Å²) in [6.45, 7) is 11.4. The fourth-order valence-corrected chi connectivity index (χ4v) is 3.54. The highest BCUT2D eigenvalue weighted by Crippen LogP contribution is 2.08. The van der Waals surface area contributed by atoms with Gasteiger partial charge in [0.2, 0.25) is 5.91 Å². The summed E-state index contributed by atoms with van der Waals surface area (Å²) in [4.78, 5) is 19.3. The zero-order chi connectivity index (χ0) is 18.0. The molecule has 0 unspecified atom stereocenters. The Balaban J connectivity index is 1.24. The number of benzene rings is 1. The molecular weight excluding hydrogens is 328 g/mol. The maximum atomic E-state index is 12.0. The van der Waals surface area contributed by atoms with Crippen LogP contribution in [0.15, 0.2) is 30.3 Å². The molecule has 2 heterocycles. The number of hydrogen-bond acceptors (Lipinski definition) is 5. The maximum absolute atomic E-state index is 12.0. The number of ether oxygens (including phenoxy) is 1. The molecule has 6 heteroatoms. The van der Waals surface area contributed by atoms with Gasteiger partial charge in [0.05, 0.1) is 13.2 Å². The van der Waals surface area contributed by atoms with Crippen molar-refractivity contribution in [3.8, 4) is 0 Å². The molecule has 1 N–H and O–H groups in total. The van der Waals surface area contributed by atoms with E-state index in [0.29, 0.717) is 6.42 Å². The van der Waals surface area contributed by atoms with E-state index in [2.05, 4.69) is 50.3 Å². The lowest BCUT2D eigenvalue weighted by Crippen LogP contribution is -2.47. The average Bonchev–Trinajstić information content (AvgIpc) is 2.69.